The molecule has 0 aliphatic carbocycles. The molecule has 1 heterocycles. The first-order valence-corrected chi connectivity index (χ1v) is 5.80. The predicted octanol–water partition coefficient (Wildman–Crippen LogP) is 2.49. The summed E-state index contributed by atoms with van der Waals surface area (Å²) in [6.45, 7) is 7.61. The molecule has 1 aromatic rings. The van der Waals surface area contributed by atoms with Gasteiger partial charge in [-0.25, -0.2) is 4.98 Å². The molecule has 0 radical (unpaired) electrons. The molecule has 0 spiro atoms. The van der Waals surface area contributed by atoms with Crippen LogP contribution in [0.15, 0.2) is 16.6 Å². The fourth-order valence-electron chi connectivity index (χ4n) is 0.992. The average Bonchev–Trinajstić information content (AvgIpc) is 2.45. The SMILES string of the molecule is C=C(Br)CNCCc1scnc1C. The molecule has 0 unspecified atom stereocenters. The molecule has 13 heavy (non-hydrogen) atoms. The summed E-state index contributed by atoms with van der Waals surface area (Å²) in [7, 11) is 0. The normalized spacial score (nSPS) is 10.3. The van der Waals surface area contributed by atoms with Crippen molar-refractivity contribution in [3.8, 4) is 0 Å². The summed E-state index contributed by atoms with van der Waals surface area (Å²) >= 11 is 5.02. The summed E-state index contributed by atoms with van der Waals surface area (Å²) in [5.41, 5.74) is 3.05. The molecule has 0 bridgehead atoms. The zero-order chi connectivity index (χ0) is 9.68. The zero-order valence-corrected chi connectivity index (χ0v) is 10.0. The van der Waals surface area contributed by atoms with Crippen LogP contribution in [0.2, 0.25) is 0 Å². The van der Waals surface area contributed by atoms with E-state index in [2.05, 4.69) is 39.7 Å². The lowest BCUT2D eigenvalue weighted by Gasteiger charge is -2.01. The van der Waals surface area contributed by atoms with Gasteiger partial charge in [0.15, 0.2) is 0 Å². The molecular formula is C9H13BrN2S. The molecule has 0 atom stereocenters. The lowest BCUT2D eigenvalue weighted by Crippen LogP contribution is -2.18. The number of hydrogen-bond donors (Lipinski definition) is 1. The van der Waals surface area contributed by atoms with Gasteiger partial charge < -0.3 is 5.32 Å². The number of rotatable bonds is 5. The summed E-state index contributed by atoms with van der Waals surface area (Å²) in [6.07, 6.45) is 1.05. The third-order valence-corrected chi connectivity index (χ3v) is 2.97. The third kappa shape index (κ3) is 4.02. The van der Waals surface area contributed by atoms with Gasteiger partial charge in [-0.15, -0.1) is 11.3 Å². The van der Waals surface area contributed by atoms with Crippen molar-refractivity contribution in [2.24, 2.45) is 0 Å². The van der Waals surface area contributed by atoms with Gasteiger partial charge in [0.25, 0.3) is 0 Å². The Bertz CT molecular complexity index is 283. The lowest BCUT2D eigenvalue weighted by atomic mass is 10.3. The monoisotopic (exact) mass is 260 g/mol. The highest BCUT2D eigenvalue weighted by molar-refractivity contribution is 9.11. The molecule has 1 rings (SSSR count). The van der Waals surface area contributed by atoms with Crippen molar-refractivity contribution in [3.63, 3.8) is 0 Å². The highest BCUT2D eigenvalue weighted by Crippen LogP contribution is 2.11. The minimum atomic E-state index is 0.831. The Hall–Kier alpha value is -0.190. The van der Waals surface area contributed by atoms with E-state index < -0.39 is 0 Å². The summed E-state index contributed by atoms with van der Waals surface area (Å²) < 4.78 is 0.994. The van der Waals surface area contributed by atoms with Gasteiger partial charge in [-0.05, 0) is 13.3 Å². The van der Waals surface area contributed by atoms with Crippen molar-refractivity contribution in [1.82, 2.24) is 10.3 Å². The molecule has 0 saturated heterocycles. The lowest BCUT2D eigenvalue weighted by molar-refractivity contribution is 0.745. The van der Waals surface area contributed by atoms with Gasteiger partial charge in [-0.2, -0.15) is 0 Å². The minimum Gasteiger partial charge on any atom is -0.312 e. The largest absolute Gasteiger partial charge is 0.312 e. The number of aromatic nitrogens is 1. The number of nitrogens with zero attached hydrogens (tertiary/aromatic N) is 1. The molecule has 1 aromatic heterocycles. The number of thiazole rings is 1. The smallest absolute Gasteiger partial charge is 0.0797 e. The second kappa shape index (κ2) is 5.52. The van der Waals surface area contributed by atoms with Gasteiger partial charge in [-0.1, -0.05) is 22.5 Å². The zero-order valence-electron chi connectivity index (χ0n) is 7.64. The van der Waals surface area contributed by atoms with E-state index in [0.717, 1.165) is 29.7 Å². The second-order valence-electron chi connectivity index (χ2n) is 2.80. The Morgan fingerprint density at radius 3 is 3.08 bits per heavy atom. The van der Waals surface area contributed by atoms with Crippen LogP contribution in [0.25, 0.3) is 0 Å². The van der Waals surface area contributed by atoms with Crippen LogP contribution in [0, 0.1) is 6.92 Å². The average molecular weight is 261 g/mol. The molecule has 0 aliphatic heterocycles. The van der Waals surface area contributed by atoms with Crippen molar-refractivity contribution in [2.45, 2.75) is 13.3 Å². The Balaban J connectivity index is 2.20. The maximum absolute atomic E-state index is 4.19. The Morgan fingerprint density at radius 1 is 1.77 bits per heavy atom. The topological polar surface area (TPSA) is 24.9 Å². The predicted molar refractivity (Wildman–Crippen MR) is 61.5 cm³/mol. The summed E-state index contributed by atoms with van der Waals surface area (Å²) in [6, 6.07) is 0. The van der Waals surface area contributed by atoms with Crippen molar-refractivity contribution < 1.29 is 0 Å². The van der Waals surface area contributed by atoms with Crippen LogP contribution in [0.3, 0.4) is 0 Å². The molecular weight excluding hydrogens is 248 g/mol. The quantitative estimate of drug-likeness (QED) is 0.824. The Labute approximate surface area is 91.2 Å². The maximum atomic E-state index is 4.19. The highest BCUT2D eigenvalue weighted by Gasteiger charge is 1.99. The first-order valence-electron chi connectivity index (χ1n) is 4.13. The van der Waals surface area contributed by atoms with E-state index in [1.165, 1.54) is 4.88 Å². The molecule has 4 heteroatoms. The number of hydrogen-bond acceptors (Lipinski definition) is 3. The first kappa shape index (κ1) is 10.9. The number of aryl methyl sites for hydroxylation is 1. The standard InChI is InChI=1S/C9H13BrN2S/c1-7(10)5-11-4-3-9-8(2)12-6-13-9/h6,11H,1,3-5H2,2H3. The molecule has 0 amide bonds. The molecule has 2 nitrogen and oxygen atoms in total. The van der Waals surface area contributed by atoms with Crippen molar-refractivity contribution in [3.05, 3.63) is 27.1 Å². The van der Waals surface area contributed by atoms with Crippen LogP contribution in [0.5, 0.6) is 0 Å². The number of halogens is 1. The fraction of sp³-hybridized carbons (Fsp3) is 0.444. The molecule has 72 valence electrons. The van der Waals surface area contributed by atoms with Gasteiger partial charge in [0.05, 0.1) is 11.2 Å². The van der Waals surface area contributed by atoms with Gasteiger partial charge in [0.2, 0.25) is 0 Å². The van der Waals surface area contributed by atoms with E-state index in [-0.39, 0.29) is 0 Å². The van der Waals surface area contributed by atoms with Crippen molar-refractivity contribution in [2.75, 3.05) is 13.1 Å². The van der Waals surface area contributed by atoms with Crippen molar-refractivity contribution in [1.29, 1.82) is 0 Å². The molecule has 0 fully saturated rings. The van der Waals surface area contributed by atoms with Crippen LogP contribution in [-0.4, -0.2) is 18.1 Å². The molecule has 1 N–H and O–H groups in total. The Kier molecular flexibility index (Phi) is 4.62. The van der Waals surface area contributed by atoms with Crippen LogP contribution in [0.1, 0.15) is 10.6 Å². The Morgan fingerprint density at radius 2 is 2.54 bits per heavy atom. The summed E-state index contributed by atoms with van der Waals surface area (Å²) in [4.78, 5) is 5.56. The summed E-state index contributed by atoms with van der Waals surface area (Å²) in [5, 5.41) is 3.28. The molecule has 0 aromatic carbocycles. The minimum absolute atomic E-state index is 0.831. The van der Waals surface area contributed by atoms with Crippen LogP contribution in [-0.2, 0) is 6.42 Å². The molecule has 0 aliphatic rings. The second-order valence-corrected chi connectivity index (χ2v) is 4.87. The van der Waals surface area contributed by atoms with Gasteiger partial charge in [0, 0.05) is 22.4 Å². The summed E-state index contributed by atoms with van der Waals surface area (Å²) in [5.74, 6) is 0. The third-order valence-electron chi connectivity index (χ3n) is 1.69. The van der Waals surface area contributed by atoms with Crippen LogP contribution >= 0.6 is 27.3 Å². The highest BCUT2D eigenvalue weighted by atomic mass is 79.9. The van der Waals surface area contributed by atoms with E-state index in [4.69, 9.17) is 0 Å². The van der Waals surface area contributed by atoms with Crippen LogP contribution in [0.4, 0.5) is 0 Å². The van der Waals surface area contributed by atoms with Crippen LogP contribution < -0.4 is 5.32 Å². The van der Waals surface area contributed by atoms with Crippen molar-refractivity contribution >= 4 is 27.3 Å². The van der Waals surface area contributed by atoms with E-state index in [9.17, 15) is 0 Å². The van der Waals surface area contributed by atoms with E-state index in [0.29, 0.717) is 0 Å². The first-order chi connectivity index (χ1) is 6.20. The van der Waals surface area contributed by atoms with E-state index >= 15 is 0 Å². The molecule has 0 saturated carbocycles. The van der Waals surface area contributed by atoms with Gasteiger partial charge >= 0.3 is 0 Å². The fourth-order valence-corrected chi connectivity index (χ4v) is 1.97. The van der Waals surface area contributed by atoms with E-state index in [1.54, 1.807) is 11.3 Å². The van der Waals surface area contributed by atoms with Gasteiger partial charge in [-0.3, -0.25) is 0 Å². The van der Waals surface area contributed by atoms with Gasteiger partial charge in [0.1, 0.15) is 0 Å². The number of nitrogens with one attached hydrogen (secondary N) is 1. The van der Waals surface area contributed by atoms with E-state index in [1.807, 2.05) is 5.51 Å². The maximum Gasteiger partial charge on any atom is 0.0797 e.